The molecule has 4 heteroatoms. The summed E-state index contributed by atoms with van der Waals surface area (Å²) in [5, 5.41) is 4.20. The van der Waals surface area contributed by atoms with Crippen LogP contribution in [0.25, 0.3) is 0 Å². The predicted molar refractivity (Wildman–Crippen MR) is 62.3 cm³/mol. The molecule has 1 amide bonds. The van der Waals surface area contributed by atoms with Gasteiger partial charge >= 0.3 is 0 Å². The van der Waals surface area contributed by atoms with Crippen LogP contribution in [0, 0.1) is 0 Å². The van der Waals surface area contributed by atoms with Gasteiger partial charge in [-0.2, -0.15) is 5.10 Å². The maximum Gasteiger partial charge on any atom is 0.257 e. The van der Waals surface area contributed by atoms with Gasteiger partial charge in [0.2, 0.25) is 0 Å². The van der Waals surface area contributed by atoms with Gasteiger partial charge in [-0.15, -0.1) is 0 Å². The van der Waals surface area contributed by atoms with E-state index in [1.165, 1.54) is 0 Å². The van der Waals surface area contributed by atoms with Crippen LogP contribution in [0.4, 0.5) is 0 Å². The number of nitrogens with zero attached hydrogens (tertiary/aromatic N) is 3. The minimum absolute atomic E-state index is 0.161. The Bertz CT molecular complexity index is 378. The standard InChI is InChI=1S/C12H19N3O/c1-3-6-11-10(9-13-14(11)2)12(16)15-7-4-5-8-15/h9H,3-8H2,1-2H3. The van der Waals surface area contributed by atoms with Crippen LogP contribution in [-0.4, -0.2) is 33.7 Å². The summed E-state index contributed by atoms with van der Waals surface area (Å²) in [5.41, 5.74) is 1.87. The maximum absolute atomic E-state index is 12.2. The summed E-state index contributed by atoms with van der Waals surface area (Å²) in [6.45, 7) is 3.93. The second kappa shape index (κ2) is 4.68. The fourth-order valence-electron chi connectivity index (χ4n) is 2.27. The van der Waals surface area contributed by atoms with Gasteiger partial charge in [-0.25, -0.2) is 0 Å². The molecule has 0 spiro atoms. The number of aromatic nitrogens is 2. The number of carbonyl (C=O) groups excluding carboxylic acids is 1. The Morgan fingerprint density at radius 2 is 2.12 bits per heavy atom. The van der Waals surface area contributed by atoms with Crippen molar-refractivity contribution in [3.63, 3.8) is 0 Å². The number of carbonyl (C=O) groups is 1. The van der Waals surface area contributed by atoms with Crippen LogP contribution in [0.3, 0.4) is 0 Å². The second-order valence-corrected chi connectivity index (χ2v) is 4.38. The molecule has 1 fully saturated rings. The zero-order valence-electron chi connectivity index (χ0n) is 10.1. The molecule has 16 heavy (non-hydrogen) atoms. The first kappa shape index (κ1) is 11.2. The van der Waals surface area contributed by atoms with E-state index in [0.29, 0.717) is 0 Å². The molecule has 0 radical (unpaired) electrons. The van der Waals surface area contributed by atoms with Crippen molar-refractivity contribution in [2.24, 2.45) is 7.05 Å². The Morgan fingerprint density at radius 3 is 2.75 bits per heavy atom. The van der Waals surface area contributed by atoms with Gasteiger partial charge in [0, 0.05) is 20.1 Å². The molecule has 1 aliphatic heterocycles. The van der Waals surface area contributed by atoms with Gasteiger partial charge in [-0.05, 0) is 19.3 Å². The van der Waals surface area contributed by atoms with E-state index in [1.807, 2.05) is 16.6 Å². The molecule has 0 N–H and O–H groups in total. The van der Waals surface area contributed by atoms with E-state index < -0.39 is 0 Å². The lowest BCUT2D eigenvalue weighted by molar-refractivity contribution is 0.0791. The maximum atomic E-state index is 12.2. The van der Waals surface area contributed by atoms with Crippen molar-refractivity contribution in [3.05, 3.63) is 17.5 Å². The van der Waals surface area contributed by atoms with Crippen LogP contribution in [0.1, 0.15) is 42.2 Å². The summed E-state index contributed by atoms with van der Waals surface area (Å²) in [6, 6.07) is 0. The Morgan fingerprint density at radius 1 is 1.44 bits per heavy atom. The van der Waals surface area contributed by atoms with Crippen molar-refractivity contribution < 1.29 is 4.79 Å². The molecule has 0 aliphatic carbocycles. The van der Waals surface area contributed by atoms with Crippen molar-refractivity contribution in [1.82, 2.24) is 14.7 Å². The third-order valence-electron chi connectivity index (χ3n) is 3.17. The highest BCUT2D eigenvalue weighted by molar-refractivity contribution is 5.95. The molecule has 1 aliphatic rings. The molecular formula is C12H19N3O. The topological polar surface area (TPSA) is 38.1 Å². The quantitative estimate of drug-likeness (QED) is 0.777. The minimum Gasteiger partial charge on any atom is -0.339 e. The predicted octanol–water partition coefficient (Wildman–Crippen LogP) is 1.61. The lowest BCUT2D eigenvalue weighted by Crippen LogP contribution is -2.28. The number of likely N-dealkylation sites (tertiary alicyclic amines) is 1. The summed E-state index contributed by atoms with van der Waals surface area (Å²) < 4.78 is 1.83. The van der Waals surface area contributed by atoms with Crippen molar-refractivity contribution in [3.8, 4) is 0 Å². The molecular weight excluding hydrogens is 202 g/mol. The highest BCUT2D eigenvalue weighted by Gasteiger charge is 2.23. The Hall–Kier alpha value is -1.32. The molecule has 88 valence electrons. The molecule has 4 nitrogen and oxygen atoms in total. The van der Waals surface area contributed by atoms with E-state index in [1.54, 1.807) is 6.20 Å². The van der Waals surface area contributed by atoms with E-state index in [0.717, 1.165) is 50.0 Å². The zero-order chi connectivity index (χ0) is 11.5. The molecule has 0 bridgehead atoms. The average molecular weight is 221 g/mol. The Balaban J connectivity index is 2.21. The largest absolute Gasteiger partial charge is 0.339 e. The molecule has 2 rings (SSSR count). The van der Waals surface area contributed by atoms with Gasteiger partial charge in [-0.1, -0.05) is 13.3 Å². The van der Waals surface area contributed by atoms with Gasteiger partial charge in [0.05, 0.1) is 17.5 Å². The lowest BCUT2D eigenvalue weighted by atomic mass is 10.1. The Kier molecular flexibility index (Phi) is 3.27. The third kappa shape index (κ3) is 1.96. The summed E-state index contributed by atoms with van der Waals surface area (Å²) in [7, 11) is 1.91. The van der Waals surface area contributed by atoms with Gasteiger partial charge in [0.25, 0.3) is 5.91 Å². The fourth-order valence-corrected chi connectivity index (χ4v) is 2.27. The van der Waals surface area contributed by atoms with Gasteiger partial charge in [0.15, 0.2) is 0 Å². The summed E-state index contributed by atoms with van der Waals surface area (Å²) in [5.74, 6) is 0.161. The number of hydrogen-bond donors (Lipinski definition) is 0. The summed E-state index contributed by atoms with van der Waals surface area (Å²) >= 11 is 0. The first-order chi connectivity index (χ1) is 7.74. The highest BCUT2D eigenvalue weighted by atomic mass is 16.2. The fraction of sp³-hybridized carbons (Fsp3) is 0.667. The highest BCUT2D eigenvalue weighted by Crippen LogP contribution is 2.16. The minimum atomic E-state index is 0.161. The number of hydrogen-bond acceptors (Lipinski definition) is 2. The van der Waals surface area contributed by atoms with Crippen LogP contribution in [0.15, 0.2) is 6.20 Å². The van der Waals surface area contributed by atoms with Crippen molar-refractivity contribution in [2.75, 3.05) is 13.1 Å². The molecule has 1 saturated heterocycles. The third-order valence-corrected chi connectivity index (χ3v) is 3.17. The number of rotatable bonds is 3. The van der Waals surface area contributed by atoms with Gasteiger partial charge in [0.1, 0.15) is 0 Å². The summed E-state index contributed by atoms with van der Waals surface area (Å²) in [4.78, 5) is 14.2. The van der Waals surface area contributed by atoms with Crippen LogP contribution in [0.5, 0.6) is 0 Å². The SMILES string of the molecule is CCCc1c(C(=O)N2CCCC2)cnn1C. The monoisotopic (exact) mass is 221 g/mol. The first-order valence-corrected chi connectivity index (χ1v) is 6.04. The molecule has 1 aromatic rings. The molecule has 0 atom stereocenters. The molecule has 0 unspecified atom stereocenters. The molecule has 2 heterocycles. The van der Waals surface area contributed by atoms with Crippen molar-refractivity contribution in [2.45, 2.75) is 32.6 Å². The number of aryl methyl sites for hydroxylation is 1. The Labute approximate surface area is 96.2 Å². The second-order valence-electron chi connectivity index (χ2n) is 4.38. The van der Waals surface area contributed by atoms with Crippen molar-refractivity contribution >= 4 is 5.91 Å². The zero-order valence-corrected chi connectivity index (χ0v) is 10.1. The first-order valence-electron chi connectivity index (χ1n) is 6.04. The van der Waals surface area contributed by atoms with Crippen LogP contribution >= 0.6 is 0 Å². The van der Waals surface area contributed by atoms with Crippen LogP contribution < -0.4 is 0 Å². The molecule has 0 saturated carbocycles. The lowest BCUT2D eigenvalue weighted by Gasteiger charge is -2.15. The van der Waals surface area contributed by atoms with E-state index >= 15 is 0 Å². The van der Waals surface area contributed by atoms with Gasteiger partial charge < -0.3 is 4.90 Å². The molecule has 1 aromatic heterocycles. The average Bonchev–Trinajstić information content (AvgIpc) is 2.89. The van der Waals surface area contributed by atoms with E-state index in [9.17, 15) is 4.79 Å². The normalized spacial score (nSPS) is 15.8. The smallest absolute Gasteiger partial charge is 0.257 e. The van der Waals surface area contributed by atoms with Crippen LogP contribution in [-0.2, 0) is 13.5 Å². The summed E-state index contributed by atoms with van der Waals surface area (Å²) in [6.07, 6.45) is 5.95. The van der Waals surface area contributed by atoms with E-state index in [4.69, 9.17) is 0 Å². The van der Waals surface area contributed by atoms with Crippen molar-refractivity contribution in [1.29, 1.82) is 0 Å². The van der Waals surface area contributed by atoms with Crippen LogP contribution in [0.2, 0.25) is 0 Å². The van der Waals surface area contributed by atoms with E-state index in [-0.39, 0.29) is 5.91 Å². The number of amides is 1. The molecule has 0 aromatic carbocycles. The van der Waals surface area contributed by atoms with E-state index in [2.05, 4.69) is 12.0 Å². The van der Waals surface area contributed by atoms with Gasteiger partial charge in [-0.3, -0.25) is 9.48 Å².